The molecule has 0 aromatic heterocycles. The molecule has 1 N–H and O–H groups in total. The van der Waals surface area contributed by atoms with Crippen molar-refractivity contribution in [2.45, 2.75) is 59.3 Å². The van der Waals surface area contributed by atoms with E-state index >= 15 is 0 Å². The molecule has 19 heavy (non-hydrogen) atoms. The standard InChI is InChI=1S/C16H32N2O/c1-4-5-6-7-10-18-11-8-9-15(13-18)12-17-16(19)14(2)3/h14-15H,4-13H2,1-3H3,(H,17,19). The van der Waals surface area contributed by atoms with Gasteiger partial charge in [-0.15, -0.1) is 0 Å². The highest BCUT2D eigenvalue weighted by molar-refractivity contribution is 5.77. The first-order valence-corrected chi connectivity index (χ1v) is 8.13. The average Bonchev–Trinajstić information content (AvgIpc) is 2.41. The molecule has 1 amide bonds. The Bertz CT molecular complexity index is 253. The maximum absolute atomic E-state index is 11.6. The van der Waals surface area contributed by atoms with Gasteiger partial charge in [-0.3, -0.25) is 4.79 Å². The lowest BCUT2D eigenvalue weighted by atomic mass is 9.97. The molecule has 1 aliphatic heterocycles. The van der Waals surface area contributed by atoms with Gasteiger partial charge in [0.25, 0.3) is 0 Å². The van der Waals surface area contributed by atoms with Crippen molar-refractivity contribution in [1.82, 2.24) is 10.2 Å². The summed E-state index contributed by atoms with van der Waals surface area (Å²) in [4.78, 5) is 14.2. The van der Waals surface area contributed by atoms with Gasteiger partial charge in [0.05, 0.1) is 0 Å². The van der Waals surface area contributed by atoms with Crippen molar-refractivity contribution in [3.8, 4) is 0 Å². The molecule has 0 bridgehead atoms. The first-order chi connectivity index (χ1) is 9.13. The maximum Gasteiger partial charge on any atom is 0.222 e. The van der Waals surface area contributed by atoms with Crippen LogP contribution in [0.25, 0.3) is 0 Å². The van der Waals surface area contributed by atoms with Crippen molar-refractivity contribution in [3.63, 3.8) is 0 Å². The summed E-state index contributed by atoms with van der Waals surface area (Å²) < 4.78 is 0. The normalized spacial score (nSPS) is 20.7. The van der Waals surface area contributed by atoms with Crippen molar-refractivity contribution in [2.75, 3.05) is 26.2 Å². The van der Waals surface area contributed by atoms with E-state index in [4.69, 9.17) is 0 Å². The quantitative estimate of drug-likeness (QED) is 0.686. The van der Waals surface area contributed by atoms with E-state index in [1.165, 1.54) is 58.2 Å². The Morgan fingerprint density at radius 3 is 2.79 bits per heavy atom. The predicted octanol–water partition coefficient (Wildman–Crippen LogP) is 3.05. The van der Waals surface area contributed by atoms with Crippen LogP contribution in [0.4, 0.5) is 0 Å². The third-order valence-corrected chi connectivity index (χ3v) is 4.02. The monoisotopic (exact) mass is 268 g/mol. The maximum atomic E-state index is 11.6. The number of unbranched alkanes of at least 4 members (excludes halogenated alkanes) is 3. The predicted molar refractivity (Wildman–Crippen MR) is 81.2 cm³/mol. The second kappa shape index (κ2) is 9.35. The fourth-order valence-corrected chi connectivity index (χ4v) is 2.73. The second-order valence-corrected chi connectivity index (χ2v) is 6.27. The Labute approximate surface area is 119 Å². The number of carbonyl (C=O) groups excluding carboxylic acids is 1. The highest BCUT2D eigenvalue weighted by Crippen LogP contribution is 2.16. The number of likely N-dealkylation sites (tertiary alicyclic amines) is 1. The molecule has 3 heteroatoms. The van der Waals surface area contributed by atoms with Crippen molar-refractivity contribution >= 4 is 5.91 Å². The molecule has 1 saturated heterocycles. The summed E-state index contributed by atoms with van der Waals surface area (Å²) in [5, 5.41) is 3.08. The molecule has 1 rings (SSSR count). The van der Waals surface area contributed by atoms with Crippen LogP contribution in [0.15, 0.2) is 0 Å². The van der Waals surface area contributed by atoms with Crippen LogP contribution in [0.2, 0.25) is 0 Å². The first kappa shape index (κ1) is 16.5. The number of piperidine rings is 1. The molecule has 1 heterocycles. The highest BCUT2D eigenvalue weighted by atomic mass is 16.1. The van der Waals surface area contributed by atoms with Crippen LogP contribution in [-0.2, 0) is 4.79 Å². The Morgan fingerprint density at radius 2 is 2.11 bits per heavy atom. The van der Waals surface area contributed by atoms with Crippen molar-refractivity contribution in [2.24, 2.45) is 11.8 Å². The van der Waals surface area contributed by atoms with Crippen LogP contribution in [0.1, 0.15) is 59.3 Å². The van der Waals surface area contributed by atoms with Gasteiger partial charge in [-0.1, -0.05) is 40.0 Å². The minimum atomic E-state index is 0.105. The van der Waals surface area contributed by atoms with E-state index in [9.17, 15) is 4.79 Å². The van der Waals surface area contributed by atoms with Crippen molar-refractivity contribution in [1.29, 1.82) is 0 Å². The van der Waals surface area contributed by atoms with Crippen LogP contribution in [0.5, 0.6) is 0 Å². The molecule has 1 aliphatic rings. The minimum absolute atomic E-state index is 0.105. The van der Waals surface area contributed by atoms with Crippen LogP contribution in [0.3, 0.4) is 0 Å². The molecule has 3 nitrogen and oxygen atoms in total. The summed E-state index contributed by atoms with van der Waals surface area (Å²) in [6.45, 7) is 10.7. The molecule has 0 aliphatic carbocycles. The van der Waals surface area contributed by atoms with E-state index in [1.54, 1.807) is 0 Å². The highest BCUT2D eigenvalue weighted by Gasteiger charge is 2.20. The molecule has 0 aromatic rings. The molecular formula is C16H32N2O. The van der Waals surface area contributed by atoms with E-state index in [2.05, 4.69) is 17.1 Å². The van der Waals surface area contributed by atoms with Crippen LogP contribution in [-0.4, -0.2) is 37.0 Å². The van der Waals surface area contributed by atoms with Gasteiger partial charge in [0, 0.05) is 19.0 Å². The smallest absolute Gasteiger partial charge is 0.222 e. The topological polar surface area (TPSA) is 32.3 Å². The number of hydrogen-bond acceptors (Lipinski definition) is 2. The van der Waals surface area contributed by atoms with Gasteiger partial charge in [-0.05, 0) is 38.3 Å². The Morgan fingerprint density at radius 1 is 1.32 bits per heavy atom. The minimum Gasteiger partial charge on any atom is -0.356 e. The zero-order valence-electron chi connectivity index (χ0n) is 13.1. The SMILES string of the molecule is CCCCCCN1CCCC(CNC(=O)C(C)C)C1. The van der Waals surface area contributed by atoms with Gasteiger partial charge in [-0.25, -0.2) is 0 Å². The van der Waals surface area contributed by atoms with Crippen molar-refractivity contribution in [3.05, 3.63) is 0 Å². The number of nitrogens with zero attached hydrogens (tertiary/aromatic N) is 1. The number of hydrogen-bond donors (Lipinski definition) is 1. The molecule has 1 fully saturated rings. The van der Waals surface area contributed by atoms with E-state index in [-0.39, 0.29) is 11.8 Å². The summed E-state index contributed by atoms with van der Waals surface area (Å²) in [5.41, 5.74) is 0. The third-order valence-electron chi connectivity index (χ3n) is 4.02. The lowest BCUT2D eigenvalue weighted by molar-refractivity contribution is -0.124. The summed E-state index contributed by atoms with van der Waals surface area (Å²) in [6, 6.07) is 0. The van der Waals surface area contributed by atoms with Gasteiger partial charge >= 0.3 is 0 Å². The Kier molecular flexibility index (Phi) is 8.11. The zero-order chi connectivity index (χ0) is 14.1. The number of amides is 1. The van der Waals surface area contributed by atoms with Gasteiger partial charge in [0.2, 0.25) is 5.91 Å². The van der Waals surface area contributed by atoms with Crippen LogP contribution < -0.4 is 5.32 Å². The molecule has 0 radical (unpaired) electrons. The zero-order valence-corrected chi connectivity index (χ0v) is 13.1. The second-order valence-electron chi connectivity index (χ2n) is 6.27. The van der Waals surface area contributed by atoms with E-state index in [1.807, 2.05) is 13.8 Å². The van der Waals surface area contributed by atoms with Crippen LogP contribution in [0, 0.1) is 11.8 Å². The average molecular weight is 268 g/mol. The molecule has 0 saturated carbocycles. The lowest BCUT2D eigenvalue weighted by Gasteiger charge is -2.33. The summed E-state index contributed by atoms with van der Waals surface area (Å²) in [7, 11) is 0. The molecule has 1 unspecified atom stereocenters. The van der Waals surface area contributed by atoms with E-state index < -0.39 is 0 Å². The van der Waals surface area contributed by atoms with E-state index in [0.717, 1.165) is 6.54 Å². The lowest BCUT2D eigenvalue weighted by Crippen LogP contribution is -2.42. The summed E-state index contributed by atoms with van der Waals surface area (Å²) in [5.74, 6) is 0.955. The molecule has 0 spiro atoms. The number of carbonyl (C=O) groups is 1. The first-order valence-electron chi connectivity index (χ1n) is 8.13. The molecule has 112 valence electrons. The Hall–Kier alpha value is -0.570. The summed E-state index contributed by atoms with van der Waals surface area (Å²) in [6.07, 6.45) is 7.92. The molecule has 1 atom stereocenters. The Balaban J connectivity index is 2.17. The van der Waals surface area contributed by atoms with Gasteiger partial charge < -0.3 is 10.2 Å². The van der Waals surface area contributed by atoms with Gasteiger partial charge in [0.15, 0.2) is 0 Å². The van der Waals surface area contributed by atoms with Crippen LogP contribution >= 0.6 is 0 Å². The fourth-order valence-electron chi connectivity index (χ4n) is 2.73. The fraction of sp³-hybridized carbons (Fsp3) is 0.938. The summed E-state index contributed by atoms with van der Waals surface area (Å²) >= 11 is 0. The molecule has 0 aromatic carbocycles. The third kappa shape index (κ3) is 6.95. The van der Waals surface area contributed by atoms with Gasteiger partial charge in [0.1, 0.15) is 0 Å². The van der Waals surface area contributed by atoms with E-state index in [0.29, 0.717) is 5.92 Å². The largest absolute Gasteiger partial charge is 0.356 e. The molecular weight excluding hydrogens is 236 g/mol. The number of rotatable bonds is 8. The van der Waals surface area contributed by atoms with Gasteiger partial charge in [-0.2, -0.15) is 0 Å². The number of nitrogens with one attached hydrogen (secondary N) is 1. The van der Waals surface area contributed by atoms with Crippen molar-refractivity contribution < 1.29 is 4.79 Å².